The number of esters is 2. The molecule has 9 heteroatoms. The predicted octanol–water partition coefficient (Wildman–Crippen LogP) is 16.6. The number of carboxylic acid groups (broad SMARTS) is 1. The fourth-order valence-electron chi connectivity index (χ4n) is 9.36. The number of carbonyl (C=O) groups is 3. The number of hydrogen-bond acceptors (Lipinski definition) is 8. The number of aliphatic carboxylic acids is 1. The molecule has 0 aromatic carbocycles. The number of ether oxygens (including phenoxy) is 4. The Morgan fingerprint density at radius 3 is 0.914 bits per heavy atom. The summed E-state index contributed by atoms with van der Waals surface area (Å²) in [5.74, 6) is -2.25. The Morgan fingerprint density at radius 1 is 0.371 bits per heavy atom. The van der Waals surface area contributed by atoms with E-state index in [9.17, 15) is 19.5 Å². The van der Waals surface area contributed by atoms with Crippen molar-refractivity contribution in [1.29, 1.82) is 0 Å². The molecule has 2 atom stereocenters. The van der Waals surface area contributed by atoms with Gasteiger partial charge >= 0.3 is 11.9 Å². The second kappa shape index (κ2) is 53.6. The molecular formula is C61H119NO8. The summed E-state index contributed by atoms with van der Waals surface area (Å²) >= 11 is 0. The van der Waals surface area contributed by atoms with Gasteiger partial charge in [0, 0.05) is 12.8 Å². The summed E-state index contributed by atoms with van der Waals surface area (Å²) in [6.07, 6.45) is 57.3. The number of likely N-dealkylation sites (N-methyl/N-ethyl adjacent to an activating group) is 1. The van der Waals surface area contributed by atoms with Gasteiger partial charge in [-0.15, -0.1) is 0 Å². The van der Waals surface area contributed by atoms with E-state index in [1.807, 2.05) is 21.1 Å². The first-order valence-electron chi connectivity index (χ1n) is 30.7. The third-order valence-electron chi connectivity index (χ3n) is 14.1. The second-order valence-electron chi connectivity index (χ2n) is 22.4. The molecule has 0 aromatic heterocycles. The standard InChI is InChI=1S/C61H119NO8/c1-6-8-10-12-14-16-18-20-22-24-26-27-28-29-30-31-32-34-36-38-40-42-44-46-48-50-52-59(64)70-57(56-69-61(60(65)66)67-54-53-62(3,4)5)55-68-58(63)51-49-47-45-43-41-39-37-35-33-25-23-21-19-17-15-13-11-9-7-2/h57,61H,6-56H2,1-5H3. The molecule has 0 aliphatic rings. The zero-order valence-corrected chi connectivity index (χ0v) is 47.4. The van der Waals surface area contributed by atoms with Gasteiger partial charge < -0.3 is 33.3 Å². The number of quaternary nitrogens is 1. The molecule has 2 unspecified atom stereocenters. The van der Waals surface area contributed by atoms with Crippen LogP contribution in [0.5, 0.6) is 0 Å². The number of unbranched alkanes of at least 4 members (excludes halogenated alkanes) is 43. The minimum atomic E-state index is -1.61. The van der Waals surface area contributed by atoms with Crippen LogP contribution in [0.15, 0.2) is 0 Å². The lowest BCUT2D eigenvalue weighted by molar-refractivity contribution is -0.870. The van der Waals surface area contributed by atoms with Crippen molar-refractivity contribution in [2.24, 2.45) is 0 Å². The molecule has 70 heavy (non-hydrogen) atoms. The van der Waals surface area contributed by atoms with E-state index in [1.165, 1.54) is 250 Å². The van der Waals surface area contributed by atoms with Crippen LogP contribution in [0.1, 0.15) is 316 Å². The van der Waals surface area contributed by atoms with Crippen LogP contribution in [0.4, 0.5) is 0 Å². The lowest BCUT2D eigenvalue weighted by Crippen LogP contribution is -2.44. The third-order valence-corrected chi connectivity index (χ3v) is 14.1. The normalized spacial score (nSPS) is 12.6. The molecule has 0 aliphatic carbocycles. The van der Waals surface area contributed by atoms with Gasteiger partial charge in [-0.25, -0.2) is 0 Å². The van der Waals surface area contributed by atoms with E-state index in [2.05, 4.69) is 13.8 Å². The highest BCUT2D eigenvalue weighted by molar-refractivity contribution is 5.70. The minimum Gasteiger partial charge on any atom is -0.545 e. The van der Waals surface area contributed by atoms with Gasteiger partial charge in [0.25, 0.3) is 0 Å². The van der Waals surface area contributed by atoms with Crippen molar-refractivity contribution in [3.63, 3.8) is 0 Å². The summed E-state index contributed by atoms with van der Waals surface area (Å²) in [5.41, 5.74) is 0. The molecule has 416 valence electrons. The van der Waals surface area contributed by atoms with E-state index in [0.29, 0.717) is 17.4 Å². The highest BCUT2D eigenvalue weighted by Gasteiger charge is 2.22. The van der Waals surface area contributed by atoms with E-state index in [4.69, 9.17) is 18.9 Å². The Balaban J connectivity index is 4.13. The molecule has 0 amide bonds. The Kier molecular flexibility index (Phi) is 52.3. The average molecular weight is 995 g/mol. The molecule has 0 aliphatic heterocycles. The van der Waals surface area contributed by atoms with Gasteiger partial charge in [-0.05, 0) is 12.8 Å². The molecule has 0 spiro atoms. The first kappa shape index (κ1) is 68.3. The molecule has 0 radical (unpaired) electrons. The molecule has 0 fully saturated rings. The van der Waals surface area contributed by atoms with E-state index < -0.39 is 24.3 Å². The van der Waals surface area contributed by atoms with Crippen molar-refractivity contribution >= 4 is 17.9 Å². The van der Waals surface area contributed by atoms with Crippen LogP contribution in [-0.4, -0.2) is 82.3 Å². The monoisotopic (exact) mass is 994 g/mol. The van der Waals surface area contributed by atoms with Crippen molar-refractivity contribution in [2.45, 2.75) is 328 Å². The Hall–Kier alpha value is -1.71. The molecule has 0 N–H and O–H groups in total. The maximum Gasteiger partial charge on any atom is 0.306 e. The lowest BCUT2D eigenvalue weighted by Gasteiger charge is -2.26. The van der Waals surface area contributed by atoms with Crippen LogP contribution in [0.25, 0.3) is 0 Å². The molecular weight excluding hydrogens is 875 g/mol. The van der Waals surface area contributed by atoms with Gasteiger partial charge in [0.1, 0.15) is 13.2 Å². The van der Waals surface area contributed by atoms with Crippen molar-refractivity contribution in [3.05, 3.63) is 0 Å². The zero-order valence-electron chi connectivity index (χ0n) is 47.4. The van der Waals surface area contributed by atoms with Crippen LogP contribution < -0.4 is 5.11 Å². The molecule has 0 saturated carbocycles. The maximum absolute atomic E-state index is 12.9. The number of carboxylic acids is 1. The largest absolute Gasteiger partial charge is 0.545 e. The smallest absolute Gasteiger partial charge is 0.306 e. The first-order valence-corrected chi connectivity index (χ1v) is 30.7. The topological polar surface area (TPSA) is 111 Å². The van der Waals surface area contributed by atoms with Gasteiger partial charge in [-0.3, -0.25) is 9.59 Å². The predicted molar refractivity (Wildman–Crippen MR) is 293 cm³/mol. The number of nitrogens with zero attached hydrogens (tertiary/aromatic N) is 1. The van der Waals surface area contributed by atoms with Crippen LogP contribution in [0.2, 0.25) is 0 Å². The summed E-state index contributed by atoms with van der Waals surface area (Å²) in [6.45, 7) is 4.83. The summed E-state index contributed by atoms with van der Waals surface area (Å²) in [7, 11) is 5.94. The van der Waals surface area contributed by atoms with Crippen LogP contribution in [0.3, 0.4) is 0 Å². The number of rotatable bonds is 58. The van der Waals surface area contributed by atoms with Crippen molar-refractivity contribution in [1.82, 2.24) is 0 Å². The van der Waals surface area contributed by atoms with Crippen LogP contribution in [-0.2, 0) is 33.3 Å². The third kappa shape index (κ3) is 54.1. The molecule has 0 bridgehead atoms. The second-order valence-corrected chi connectivity index (χ2v) is 22.4. The quantitative estimate of drug-likeness (QED) is 0.0256. The first-order chi connectivity index (χ1) is 34.1. The maximum atomic E-state index is 12.9. The fraction of sp³-hybridized carbons (Fsp3) is 0.951. The Labute approximate surface area is 434 Å². The molecule has 0 rings (SSSR count). The SMILES string of the molecule is CCCCCCCCCCCCCCCCCCCCCCCCCCCCC(=O)OC(COC(=O)CCCCCCCCCCCCCCCCCCCCC)COC(OCC[N+](C)(C)C)C(=O)[O-]. The average Bonchev–Trinajstić information content (AvgIpc) is 3.33. The van der Waals surface area contributed by atoms with Crippen molar-refractivity contribution < 1.29 is 42.9 Å². The van der Waals surface area contributed by atoms with E-state index >= 15 is 0 Å². The molecule has 0 heterocycles. The van der Waals surface area contributed by atoms with Gasteiger partial charge in [0.2, 0.25) is 0 Å². The van der Waals surface area contributed by atoms with Gasteiger partial charge in [0.15, 0.2) is 12.4 Å². The molecule has 0 saturated heterocycles. The van der Waals surface area contributed by atoms with E-state index in [1.54, 1.807) is 0 Å². The summed E-state index contributed by atoms with van der Waals surface area (Å²) in [5, 5.41) is 11.8. The van der Waals surface area contributed by atoms with Gasteiger partial charge in [-0.1, -0.05) is 290 Å². The number of carbonyl (C=O) groups excluding carboxylic acids is 3. The van der Waals surface area contributed by atoms with Crippen LogP contribution in [0, 0.1) is 0 Å². The molecule has 9 nitrogen and oxygen atoms in total. The minimum absolute atomic E-state index is 0.153. The van der Waals surface area contributed by atoms with Gasteiger partial charge in [0.05, 0.1) is 40.3 Å². The Bertz CT molecular complexity index is 1110. The summed E-state index contributed by atoms with van der Waals surface area (Å²) in [6, 6.07) is 0. The van der Waals surface area contributed by atoms with Crippen molar-refractivity contribution in [3.8, 4) is 0 Å². The van der Waals surface area contributed by atoms with Crippen molar-refractivity contribution in [2.75, 3.05) is 47.5 Å². The number of hydrogen-bond donors (Lipinski definition) is 0. The molecule has 0 aromatic rings. The highest BCUT2D eigenvalue weighted by Crippen LogP contribution is 2.18. The lowest BCUT2D eigenvalue weighted by atomic mass is 10.0. The van der Waals surface area contributed by atoms with Crippen LogP contribution >= 0.6 is 0 Å². The highest BCUT2D eigenvalue weighted by atomic mass is 16.7. The van der Waals surface area contributed by atoms with E-state index in [0.717, 1.165) is 38.5 Å². The fourth-order valence-corrected chi connectivity index (χ4v) is 9.36. The summed E-state index contributed by atoms with van der Waals surface area (Å²) < 4.78 is 22.8. The zero-order chi connectivity index (χ0) is 51.3. The Morgan fingerprint density at radius 2 is 0.643 bits per heavy atom. The van der Waals surface area contributed by atoms with E-state index in [-0.39, 0.29) is 32.2 Å². The summed E-state index contributed by atoms with van der Waals surface area (Å²) in [4.78, 5) is 37.3. The van der Waals surface area contributed by atoms with Gasteiger partial charge in [-0.2, -0.15) is 0 Å².